The molecule has 0 bridgehead atoms. The third kappa shape index (κ3) is 2.59. The van der Waals surface area contributed by atoms with Gasteiger partial charge in [-0.2, -0.15) is 0 Å². The van der Waals surface area contributed by atoms with E-state index in [2.05, 4.69) is 35.9 Å². The molecule has 0 atom stereocenters. The first-order valence-corrected chi connectivity index (χ1v) is 6.05. The number of nitrogens with zero attached hydrogens (tertiary/aromatic N) is 2. The smallest absolute Gasteiger partial charge is 0.129 e. The van der Waals surface area contributed by atoms with Gasteiger partial charge in [0.15, 0.2) is 0 Å². The number of benzene rings is 1. The summed E-state index contributed by atoms with van der Waals surface area (Å²) in [5.41, 5.74) is 3.40. The molecule has 1 aromatic carbocycles. The van der Waals surface area contributed by atoms with Gasteiger partial charge in [-0.15, -0.1) is 0 Å². The van der Waals surface area contributed by atoms with Gasteiger partial charge in [-0.05, 0) is 37.6 Å². The molecule has 2 aromatic rings. The zero-order chi connectivity index (χ0) is 12.3. The molecule has 0 aliphatic rings. The maximum Gasteiger partial charge on any atom is 0.129 e. The maximum atomic E-state index is 5.88. The van der Waals surface area contributed by atoms with Gasteiger partial charge < -0.3 is 4.90 Å². The summed E-state index contributed by atoms with van der Waals surface area (Å²) in [7, 11) is 0. The summed E-state index contributed by atoms with van der Waals surface area (Å²) in [6.45, 7) is 5.07. The SMILES string of the molecule is CCN(c1ccccc1)c1cnc(Cl)cc1C. The number of halogens is 1. The van der Waals surface area contributed by atoms with Crippen LogP contribution in [0.2, 0.25) is 5.15 Å². The first-order valence-electron chi connectivity index (χ1n) is 5.67. The van der Waals surface area contributed by atoms with Gasteiger partial charge in [0.2, 0.25) is 0 Å². The molecule has 0 fully saturated rings. The van der Waals surface area contributed by atoms with Crippen LogP contribution in [0.5, 0.6) is 0 Å². The number of anilines is 2. The maximum absolute atomic E-state index is 5.88. The van der Waals surface area contributed by atoms with E-state index in [1.165, 1.54) is 5.69 Å². The Balaban J connectivity index is 2.42. The highest BCUT2D eigenvalue weighted by molar-refractivity contribution is 6.29. The monoisotopic (exact) mass is 246 g/mol. The molecule has 0 radical (unpaired) electrons. The van der Waals surface area contributed by atoms with Crippen LogP contribution in [0, 0.1) is 6.92 Å². The Morgan fingerprint density at radius 1 is 1.24 bits per heavy atom. The Hall–Kier alpha value is -1.54. The molecule has 3 heteroatoms. The lowest BCUT2D eigenvalue weighted by Crippen LogP contribution is -2.17. The van der Waals surface area contributed by atoms with Crippen molar-refractivity contribution in [3.05, 3.63) is 53.3 Å². The van der Waals surface area contributed by atoms with E-state index < -0.39 is 0 Å². The van der Waals surface area contributed by atoms with Crippen LogP contribution in [0.3, 0.4) is 0 Å². The highest BCUT2D eigenvalue weighted by Gasteiger charge is 2.10. The van der Waals surface area contributed by atoms with Gasteiger partial charge in [0.1, 0.15) is 5.15 Å². The molecule has 0 aliphatic carbocycles. The van der Waals surface area contributed by atoms with Crippen molar-refractivity contribution in [2.24, 2.45) is 0 Å². The minimum atomic E-state index is 0.537. The molecule has 0 saturated carbocycles. The lowest BCUT2D eigenvalue weighted by atomic mass is 10.2. The lowest BCUT2D eigenvalue weighted by molar-refractivity contribution is 1.01. The van der Waals surface area contributed by atoms with E-state index in [0.29, 0.717) is 5.15 Å². The molecular weight excluding hydrogens is 232 g/mol. The van der Waals surface area contributed by atoms with E-state index in [4.69, 9.17) is 11.6 Å². The summed E-state index contributed by atoms with van der Waals surface area (Å²) in [4.78, 5) is 6.38. The summed E-state index contributed by atoms with van der Waals surface area (Å²) in [6.07, 6.45) is 1.83. The van der Waals surface area contributed by atoms with E-state index >= 15 is 0 Å². The molecular formula is C14H15ClN2. The number of hydrogen-bond acceptors (Lipinski definition) is 2. The fraction of sp³-hybridized carbons (Fsp3) is 0.214. The number of rotatable bonds is 3. The quantitative estimate of drug-likeness (QED) is 0.755. The Morgan fingerprint density at radius 2 is 1.94 bits per heavy atom. The average molecular weight is 247 g/mol. The number of aromatic nitrogens is 1. The van der Waals surface area contributed by atoms with E-state index in [9.17, 15) is 0 Å². The van der Waals surface area contributed by atoms with Crippen molar-refractivity contribution in [3.8, 4) is 0 Å². The fourth-order valence-corrected chi connectivity index (χ4v) is 2.11. The Morgan fingerprint density at radius 3 is 2.53 bits per heavy atom. The Bertz CT molecular complexity index is 497. The fourth-order valence-electron chi connectivity index (χ4n) is 1.90. The van der Waals surface area contributed by atoms with Crippen molar-refractivity contribution in [2.75, 3.05) is 11.4 Å². The topological polar surface area (TPSA) is 16.1 Å². The second-order valence-corrected chi connectivity index (χ2v) is 4.26. The zero-order valence-electron chi connectivity index (χ0n) is 10.0. The summed E-state index contributed by atoms with van der Waals surface area (Å²) in [6, 6.07) is 12.2. The van der Waals surface area contributed by atoms with Gasteiger partial charge in [-0.25, -0.2) is 4.98 Å². The first-order chi connectivity index (χ1) is 8.22. The highest BCUT2D eigenvalue weighted by Crippen LogP contribution is 2.28. The lowest BCUT2D eigenvalue weighted by Gasteiger charge is -2.24. The summed E-state index contributed by atoms with van der Waals surface area (Å²) in [5, 5.41) is 0.537. The summed E-state index contributed by atoms with van der Waals surface area (Å²) < 4.78 is 0. The highest BCUT2D eigenvalue weighted by atomic mass is 35.5. The molecule has 2 nitrogen and oxygen atoms in total. The van der Waals surface area contributed by atoms with Crippen LogP contribution < -0.4 is 4.90 Å². The molecule has 1 heterocycles. The van der Waals surface area contributed by atoms with Gasteiger partial charge in [0.25, 0.3) is 0 Å². The van der Waals surface area contributed by atoms with Crippen molar-refractivity contribution < 1.29 is 0 Å². The average Bonchev–Trinajstić information content (AvgIpc) is 2.34. The molecule has 88 valence electrons. The number of pyridine rings is 1. The van der Waals surface area contributed by atoms with Crippen LogP contribution in [0.15, 0.2) is 42.6 Å². The third-order valence-electron chi connectivity index (χ3n) is 2.72. The van der Waals surface area contributed by atoms with Gasteiger partial charge in [-0.3, -0.25) is 0 Å². The van der Waals surface area contributed by atoms with Crippen LogP contribution in [0.1, 0.15) is 12.5 Å². The number of hydrogen-bond donors (Lipinski definition) is 0. The molecule has 0 saturated heterocycles. The minimum absolute atomic E-state index is 0.537. The summed E-state index contributed by atoms with van der Waals surface area (Å²) in [5.74, 6) is 0. The Labute approximate surface area is 107 Å². The first kappa shape index (κ1) is 11.9. The van der Waals surface area contributed by atoms with E-state index in [0.717, 1.165) is 17.8 Å². The predicted octanol–water partition coefficient (Wildman–Crippen LogP) is 4.20. The molecule has 0 amide bonds. The molecule has 0 spiro atoms. The van der Waals surface area contributed by atoms with E-state index in [1.54, 1.807) is 0 Å². The van der Waals surface area contributed by atoms with Gasteiger partial charge in [0, 0.05) is 12.2 Å². The number of para-hydroxylation sites is 1. The normalized spacial score (nSPS) is 10.3. The van der Waals surface area contributed by atoms with Crippen molar-refractivity contribution in [1.82, 2.24) is 4.98 Å². The molecule has 17 heavy (non-hydrogen) atoms. The third-order valence-corrected chi connectivity index (χ3v) is 2.93. The predicted molar refractivity (Wildman–Crippen MR) is 73.1 cm³/mol. The van der Waals surface area contributed by atoms with Crippen LogP contribution in [-0.4, -0.2) is 11.5 Å². The van der Waals surface area contributed by atoms with Crippen LogP contribution in [0.25, 0.3) is 0 Å². The minimum Gasteiger partial charge on any atom is -0.340 e. The molecule has 2 rings (SSSR count). The summed E-state index contributed by atoms with van der Waals surface area (Å²) >= 11 is 5.88. The largest absolute Gasteiger partial charge is 0.340 e. The standard InChI is InChI=1S/C14H15ClN2/c1-3-17(12-7-5-4-6-8-12)13-10-16-14(15)9-11(13)2/h4-10H,3H2,1-2H3. The number of aryl methyl sites for hydroxylation is 1. The molecule has 0 aliphatic heterocycles. The second-order valence-electron chi connectivity index (χ2n) is 3.87. The zero-order valence-corrected chi connectivity index (χ0v) is 10.8. The van der Waals surface area contributed by atoms with Gasteiger partial charge >= 0.3 is 0 Å². The molecule has 1 aromatic heterocycles. The van der Waals surface area contributed by atoms with Crippen LogP contribution in [-0.2, 0) is 0 Å². The van der Waals surface area contributed by atoms with Crippen molar-refractivity contribution in [2.45, 2.75) is 13.8 Å². The van der Waals surface area contributed by atoms with Crippen molar-refractivity contribution in [1.29, 1.82) is 0 Å². The molecule has 0 N–H and O–H groups in total. The van der Waals surface area contributed by atoms with Crippen LogP contribution >= 0.6 is 11.6 Å². The molecule has 0 unspecified atom stereocenters. The van der Waals surface area contributed by atoms with E-state index in [-0.39, 0.29) is 0 Å². The van der Waals surface area contributed by atoms with E-state index in [1.807, 2.05) is 30.5 Å². The van der Waals surface area contributed by atoms with Crippen LogP contribution in [0.4, 0.5) is 11.4 Å². The van der Waals surface area contributed by atoms with Gasteiger partial charge in [0.05, 0.1) is 11.9 Å². The second kappa shape index (κ2) is 5.19. The van der Waals surface area contributed by atoms with Crippen molar-refractivity contribution >= 4 is 23.0 Å². The van der Waals surface area contributed by atoms with Crippen molar-refractivity contribution in [3.63, 3.8) is 0 Å². The van der Waals surface area contributed by atoms with Gasteiger partial charge in [-0.1, -0.05) is 29.8 Å². The Kier molecular flexibility index (Phi) is 3.64.